The normalized spacial score (nSPS) is 12.0. The smallest absolute Gasteiger partial charge is 0.348 e. The number of hydrogen-bond donors (Lipinski definition) is 2. The second-order valence-corrected chi connectivity index (χ2v) is 9.73. The first-order valence-electron chi connectivity index (χ1n) is 10.9. The summed E-state index contributed by atoms with van der Waals surface area (Å²) >= 11 is 0. The van der Waals surface area contributed by atoms with Gasteiger partial charge in [0.15, 0.2) is 0 Å². The van der Waals surface area contributed by atoms with Crippen molar-refractivity contribution in [2.24, 2.45) is 0 Å². The first-order chi connectivity index (χ1) is 17.9. The van der Waals surface area contributed by atoms with Crippen molar-refractivity contribution in [1.29, 1.82) is 0 Å². The van der Waals surface area contributed by atoms with Gasteiger partial charge < -0.3 is 5.32 Å². The molecule has 2 N–H and O–H groups in total. The van der Waals surface area contributed by atoms with Crippen molar-refractivity contribution >= 4 is 39.8 Å². The van der Waals surface area contributed by atoms with Crippen molar-refractivity contribution in [3.05, 3.63) is 100 Å². The van der Waals surface area contributed by atoms with E-state index in [1.165, 1.54) is 24.3 Å². The van der Waals surface area contributed by atoms with Crippen LogP contribution in [-0.2, 0) is 27.5 Å². The molecule has 0 unspecified atom stereocenters. The maximum atomic E-state index is 14.4. The van der Waals surface area contributed by atoms with E-state index in [4.69, 9.17) is 6.42 Å². The lowest BCUT2D eigenvalue weighted by Gasteiger charge is -2.11. The number of carbonyl (C=O) groups excluding carboxylic acids is 1. The van der Waals surface area contributed by atoms with E-state index in [-0.39, 0.29) is 34.6 Å². The number of pyridine rings is 1. The van der Waals surface area contributed by atoms with Gasteiger partial charge in [-0.25, -0.2) is 17.8 Å². The number of benzene rings is 2. The number of amides is 1. The average Bonchev–Trinajstić information content (AvgIpc) is 2.85. The molecule has 196 valence electrons. The molecular formula is C27H21F4N3O3S. The summed E-state index contributed by atoms with van der Waals surface area (Å²) in [6.07, 6.45) is 6.98. The zero-order valence-electron chi connectivity index (χ0n) is 19.9. The zero-order chi connectivity index (χ0) is 27.9. The number of aromatic nitrogens is 1. The summed E-state index contributed by atoms with van der Waals surface area (Å²) in [7, 11) is -3.78. The van der Waals surface area contributed by atoms with Crippen LogP contribution in [0, 0.1) is 18.2 Å². The van der Waals surface area contributed by atoms with Gasteiger partial charge in [-0.05, 0) is 41.5 Å². The summed E-state index contributed by atoms with van der Waals surface area (Å²) in [5, 5.41) is 2.51. The van der Waals surface area contributed by atoms with Crippen LogP contribution < -0.4 is 10.0 Å². The summed E-state index contributed by atoms with van der Waals surface area (Å²) in [5.41, 5.74) is -0.238. The number of nitrogens with one attached hydrogen (secondary N) is 2. The van der Waals surface area contributed by atoms with Gasteiger partial charge in [0.25, 0.3) is 0 Å². The van der Waals surface area contributed by atoms with Crippen LogP contribution >= 0.6 is 0 Å². The Bertz CT molecular complexity index is 1540. The summed E-state index contributed by atoms with van der Waals surface area (Å²) in [6, 6.07) is 13.3. The van der Waals surface area contributed by atoms with Crippen LogP contribution in [-0.4, -0.2) is 25.6 Å². The highest BCUT2D eigenvalue weighted by molar-refractivity contribution is 7.92. The molecule has 0 fully saturated rings. The molecule has 0 aliphatic carbocycles. The Balaban J connectivity index is 1.78. The molecular weight excluding hydrogens is 522 g/mol. The molecule has 1 amide bonds. The molecule has 0 saturated heterocycles. The number of nitrogens with zero attached hydrogens (tertiary/aromatic N) is 1. The standard InChI is InChI=1S/C27H21F4N3O3S/c1-3-20-15-19(16-22(28)26(20)34-38(2,36)37)17-32-25(35)14-11-21-10-13-24(27(29,30)31)33-23(21)12-9-18-7-5-4-6-8-18/h1,4-16,34H,17H2,2H3,(H,32,35). The number of halogens is 4. The molecule has 0 saturated carbocycles. The lowest BCUT2D eigenvalue weighted by Crippen LogP contribution is -2.21. The predicted molar refractivity (Wildman–Crippen MR) is 138 cm³/mol. The number of anilines is 1. The monoisotopic (exact) mass is 543 g/mol. The van der Waals surface area contributed by atoms with Gasteiger partial charge in [-0.1, -0.05) is 48.4 Å². The Labute approximate surface area is 217 Å². The van der Waals surface area contributed by atoms with E-state index in [9.17, 15) is 30.8 Å². The molecule has 0 radical (unpaired) electrons. The molecule has 0 atom stereocenters. The quantitative estimate of drug-likeness (QED) is 0.235. The lowest BCUT2D eigenvalue weighted by molar-refractivity contribution is -0.141. The van der Waals surface area contributed by atoms with Crippen molar-refractivity contribution in [1.82, 2.24) is 10.3 Å². The summed E-state index contributed by atoms with van der Waals surface area (Å²) < 4.78 is 78.9. The molecule has 3 rings (SSSR count). The molecule has 0 aliphatic rings. The Kier molecular flexibility index (Phi) is 8.70. The minimum absolute atomic E-state index is 0.00225. The molecule has 11 heteroatoms. The van der Waals surface area contributed by atoms with E-state index in [1.54, 1.807) is 36.4 Å². The topological polar surface area (TPSA) is 88.2 Å². The number of hydrogen-bond acceptors (Lipinski definition) is 4. The highest BCUT2D eigenvalue weighted by Gasteiger charge is 2.32. The fraction of sp³-hybridized carbons (Fsp3) is 0.111. The van der Waals surface area contributed by atoms with E-state index in [0.717, 1.165) is 30.0 Å². The third-order valence-electron chi connectivity index (χ3n) is 4.96. The van der Waals surface area contributed by atoms with Crippen molar-refractivity contribution in [3.63, 3.8) is 0 Å². The summed E-state index contributed by atoms with van der Waals surface area (Å²) in [4.78, 5) is 16.0. The van der Waals surface area contributed by atoms with E-state index >= 15 is 0 Å². The maximum absolute atomic E-state index is 14.4. The fourth-order valence-electron chi connectivity index (χ4n) is 3.24. The van der Waals surface area contributed by atoms with E-state index in [0.29, 0.717) is 0 Å². The highest BCUT2D eigenvalue weighted by Crippen LogP contribution is 2.29. The van der Waals surface area contributed by atoms with Gasteiger partial charge in [-0.3, -0.25) is 9.52 Å². The minimum atomic E-state index is -4.64. The van der Waals surface area contributed by atoms with E-state index < -0.39 is 33.6 Å². The molecule has 3 aromatic rings. The second kappa shape index (κ2) is 11.7. The summed E-state index contributed by atoms with van der Waals surface area (Å²) in [6.45, 7) is -0.153. The Morgan fingerprint density at radius 3 is 2.42 bits per heavy atom. The molecule has 1 heterocycles. The zero-order valence-corrected chi connectivity index (χ0v) is 20.7. The predicted octanol–water partition coefficient (Wildman–Crippen LogP) is 5.09. The van der Waals surface area contributed by atoms with Gasteiger partial charge in [0, 0.05) is 18.2 Å². The lowest BCUT2D eigenvalue weighted by atomic mass is 10.1. The van der Waals surface area contributed by atoms with Crippen molar-refractivity contribution in [2.75, 3.05) is 11.0 Å². The number of terminal acetylenes is 1. The van der Waals surface area contributed by atoms with Crippen LogP contribution in [0.2, 0.25) is 0 Å². The van der Waals surface area contributed by atoms with Gasteiger partial charge in [-0.2, -0.15) is 13.2 Å². The van der Waals surface area contributed by atoms with Crippen LogP contribution in [0.15, 0.2) is 60.7 Å². The van der Waals surface area contributed by atoms with Gasteiger partial charge in [0.05, 0.1) is 23.2 Å². The number of rotatable bonds is 8. The first kappa shape index (κ1) is 28.1. The van der Waals surface area contributed by atoms with Crippen LogP contribution in [0.4, 0.5) is 23.2 Å². The van der Waals surface area contributed by atoms with Gasteiger partial charge in [-0.15, -0.1) is 6.42 Å². The minimum Gasteiger partial charge on any atom is -0.348 e. The molecule has 0 bridgehead atoms. The Morgan fingerprint density at radius 1 is 1.08 bits per heavy atom. The van der Waals surface area contributed by atoms with Crippen LogP contribution in [0.5, 0.6) is 0 Å². The Morgan fingerprint density at radius 2 is 1.79 bits per heavy atom. The fourth-order valence-corrected chi connectivity index (χ4v) is 3.82. The van der Waals surface area contributed by atoms with Gasteiger partial charge >= 0.3 is 6.18 Å². The largest absolute Gasteiger partial charge is 0.433 e. The van der Waals surface area contributed by atoms with Crippen molar-refractivity contribution in [3.8, 4) is 12.3 Å². The third kappa shape index (κ3) is 8.04. The molecule has 1 aromatic heterocycles. The molecule has 2 aromatic carbocycles. The van der Waals surface area contributed by atoms with Crippen LogP contribution in [0.3, 0.4) is 0 Å². The highest BCUT2D eigenvalue weighted by atomic mass is 32.2. The summed E-state index contributed by atoms with van der Waals surface area (Å²) in [5.74, 6) is 0.650. The molecule has 6 nitrogen and oxygen atoms in total. The van der Waals surface area contributed by atoms with Crippen molar-refractivity contribution < 1.29 is 30.8 Å². The maximum Gasteiger partial charge on any atom is 0.433 e. The Hall–Kier alpha value is -4.43. The number of carbonyl (C=O) groups is 1. The molecule has 0 aliphatic heterocycles. The van der Waals surface area contributed by atoms with Crippen LogP contribution in [0.25, 0.3) is 18.2 Å². The van der Waals surface area contributed by atoms with Crippen molar-refractivity contribution in [2.45, 2.75) is 12.7 Å². The van der Waals surface area contributed by atoms with Gasteiger partial charge in [0.2, 0.25) is 15.9 Å². The molecule has 0 spiro atoms. The SMILES string of the molecule is C#Cc1cc(CNC(=O)C=Cc2ccc(C(F)(F)F)nc2C=Cc2ccccc2)cc(F)c1NS(C)(=O)=O. The average molecular weight is 544 g/mol. The van der Waals surface area contributed by atoms with E-state index in [2.05, 4.69) is 16.2 Å². The van der Waals surface area contributed by atoms with Gasteiger partial charge in [0.1, 0.15) is 11.5 Å². The number of sulfonamides is 1. The molecule has 38 heavy (non-hydrogen) atoms. The second-order valence-electron chi connectivity index (χ2n) is 7.98. The van der Waals surface area contributed by atoms with E-state index in [1.807, 2.05) is 4.72 Å². The van der Waals surface area contributed by atoms with Crippen LogP contribution in [0.1, 0.15) is 33.6 Å². The number of alkyl halides is 3. The third-order valence-corrected chi connectivity index (χ3v) is 5.53. The first-order valence-corrected chi connectivity index (χ1v) is 12.8.